The third-order valence-electron chi connectivity index (χ3n) is 2.88. The van der Waals surface area contributed by atoms with Gasteiger partial charge in [0.2, 0.25) is 0 Å². The third kappa shape index (κ3) is 5.27. The molecule has 110 valence electrons. The molecule has 20 heavy (non-hydrogen) atoms. The van der Waals surface area contributed by atoms with Crippen LogP contribution >= 0.6 is 0 Å². The van der Waals surface area contributed by atoms with Gasteiger partial charge in [0.05, 0.1) is 19.6 Å². The quantitative estimate of drug-likeness (QED) is 0.747. The average Bonchev–Trinajstić information content (AvgIpc) is 2.38. The molecule has 0 amide bonds. The minimum Gasteiger partial charge on any atom is -0.497 e. The molecule has 0 aliphatic heterocycles. The number of aliphatic carboxylic acids is 2. The van der Waals surface area contributed by atoms with Crippen molar-refractivity contribution in [3.8, 4) is 5.75 Å². The lowest BCUT2D eigenvalue weighted by molar-refractivity contribution is -0.144. The molecular weight excluding hydrogens is 262 g/mol. The number of carbonyl (C=O) groups is 2. The SMILES string of the molecule is COc1ccc(CN(CC(=O)O)CC(C)C(=O)O)cc1. The first-order valence-electron chi connectivity index (χ1n) is 6.22. The highest BCUT2D eigenvalue weighted by atomic mass is 16.5. The summed E-state index contributed by atoms with van der Waals surface area (Å²) in [5, 5.41) is 17.8. The molecule has 0 fully saturated rings. The molecule has 1 aromatic carbocycles. The second-order valence-corrected chi connectivity index (χ2v) is 4.65. The molecule has 0 aliphatic rings. The molecule has 0 radical (unpaired) electrons. The van der Waals surface area contributed by atoms with Crippen molar-refractivity contribution in [3.05, 3.63) is 29.8 Å². The van der Waals surface area contributed by atoms with E-state index in [4.69, 9.17) is 14.9 Å². The van der Waals surface area contributed by atoms with Gasteiger partial charge in [-0.25, -0.2) is 0 Å². The first-order valence-corrected chi connectivity index (χ1v) is 6.22. The molecule has 0 bridgehead atoms. The molecule has 0 aromatic heterocycles. The van der Waals surface area contributed by atoms with E-state index < -0.39 is 17.9 Å². The first kappa shape index (κ1) is 16.0. The predicted octanol–water partition coefficient (Wildman–Crippen LogP) is 1.30. The van der Waals surface area contributed by atoms with Crippen LogP contribution in [0.2, 0.25) is 0 Å². The first-order chi connectivity index (χ1) is 9.42. The van der Waals surface area contributed by atoms with Crippen LogP contribution in [-0.4, -0.2) is 47.3 Å². The Balaban J connectivity index is 2.72. The molecule has 0 aliphatic carbocycles. The zero-order valence-corrected chi connectivity index (χ0v) is 11.6. The fourth-order valence-electron chi connectivity index (χ4n) is 1.83. The molecule has 0 heterocycles. The summed E-state index contributed by atoms with van der Waals surface area (Å²) in [4.78, 5) is 23.3. The zero-order valence-electron chi connectivity index (χ0n) is 11.6. The maximum absolute atomic E-state index is 10.9. The molecular formula is C14H19NO5. The maximum atomic E-state index is 10.9. The molecule has 1 rings (SSSR count). The molecule has 0 spiro atoms. The highest BCUT2D eigenvalue weighted by Crippen LogP contribution is 2.13. The van der Waals surface area contributed by atoms with Crippen LogP contribution in [0.3, 0.4) is 0 Å². The van der Waals surface area contributed by atoms with Gasteiger partial charge in [0.1, 0.15) is 5.75 Å². The van der Waals surface area contributed by atoms with Crippen molar-refractivity contribution in [3.63, 3.8) is 0 Å². The topological polar surface area (TPSA) is 87.1 Å². The van der Waals surface area contributed by atoms with Crippen LogP contribution in [0, 0.1) is 5.92 Å². The lowest BCUT2D eigenvalue weighted by Crippen LogP contribution is -2.35. The van der Waals surface area contributed by atoms with E-state index in [-0.39, 0.29) is 13.1 Å². The Bertz CT molecular complexity index is 457. The second kappa shape index (κ2) is 7.49. The molecule has 0 saturated heterocycles. The standard InChI is InChI=1S/C14H19NO5/c1-10(14(18)19)7-15(9-13(16)17)8-11-3-5-12(20-2)6-4-11/h3-6,10H,7-9H2,1-2H3,(H,16,17)(H,18,19). The van der Waals surface area contributed by atoms with Crippen LogP contribution in [-0.2, 0) is 16.1 Å². The second-order valence-electron chi connectivity index (χ2n) is 4.65. The van der Waals surface area contributed by atoms with Crippen molar-refractivity contribution in [2.75, 3.05) is 20.2 Å². The summed E-state index contributed by atoms with van der Waals surface area (Å²) in [6, 6.07) is 7.24. The Morgan fingerprint density at radius 3 is 2.30 bits per heavy atom. The van der Waals surface area contributed by atoms with Crippen molar-refractivity contribution >= 4 is 11.9 Å². The maximum Gasteiger partial charge on any atom is 0.317 e. The number of methoxy groups -OCH3 is 1. The van der Waals surface area contributed by atoms with Gasteiger partial charge in [0, 0.05) is 13.1 Å². The van der Waals surface area contributed by atoms with E-state index in [0.29, 0.717) is 6.54 Å². The largest absolute Gasteiger partial charge is 0.497 e. The number of hydrogen-bond donors (Lipinski definition) is 2. The minimum atomic E-state index is -0.976. The van der Waals surface area contributed by atoms with E-state index in [9.17, 15) is 9.59 Å². The Hall–Kier alpha value is -2.08. The monoisotopic (exact) mass is 281 g/mol. The van der Waals surface area contributed by atoms with Crippen LogP contribution in [0.25, 0.3) is 0 Å². The summed E-state index contributed by atoms with van der Waals surface area (Å²) >= 11 is 0. The van der Waals surface area contributed by atoms with Crippen LogP contribution in [0.4, 0.5) is 0 Å². The zero-order chi connectivity index (χ0) is 15.1. The average molecular weight is 281 g/mol. The van der Waals surface area contributed by atoms with E-state index >= 15 is 0 Å². The van der Waals surface area contributed by atoms with Gasteiger partial charge in [-0.15, -0.1) is 0 Å². The molecule has 1 unspecified atom stereocenters. The normalized spacial score (nSPS) is 12.2. The Kier molecular flexibility index (Phi) is 5.99. The van der Waals surface area contributed by atoms with Crippen molar-refractivity contribution in [2.24, 2.45) is 5.92 Å². The fourth-order valence-corrected chi connectivity index (χ4v) is 1.83. The van der Waals surface area contributed by atoms with Gasteiger partial charge in [-0.3, -0.25) is 14.5 Å². The van der Waals surface area contributed by atoms with Crippen molar-refractivity contribution in [1.29, 1.82) is 0 Å². The predicted molar refractivity (Wildman–Crippen MR) is 72.7 cm³/mol. The van der Waals surface area contributed by atoms with Crippen molar-refractivity contribution < 1.29 is 24.5 Å². The minimum absolute atomic E-state index is 0.188. The summed E-state index contributed by atoms with van der Waals surface area (Å²) in [6.45, 7) is 1.94. The Morgan fingerprint density at radius 2 is 1.85 bits per heavy atom. The molecule has 6 nitrogen and oxygen atoms in total. The van der Waals surface area contributed by atoms with Crippen molar-refractivity contribution in [2.45, 2.75) is 13.5 Å². The number of benzene rings is 1. The summed E-state index contributed by atoms with van der Waals surface area (Å²) < 4.78 is 5.05. The van der Waals surface area contributed by atoms with Gasteiger partial charge in [0.15, 0.2) is 0 Å². The molecule has 0 saturated carbocycles. The van der Waals surface area contributed by atoms with E-state index in [0.717, 1.165) is 11.3 Å². The number of hydrogen-bond acceptors (Lipinski definition) is 4. The van der Waals surface area contributed by atoms with E-state index in [2.05, 4.69) is 0 Å². The molecule has 1 atom stereocenters. The van der Waals surface area contributed by atoms with Crippen LogP contribution < -0.4 is 4.74 Å². The summed E-state index contributed by atoms with van der Waals surface area (Å²) in [5.41, 5.74) is 0.907. The van der Waals surface area contributed by atoms with E-state index in [1.165, 1.54) is 0 Å². The van der Waals surface area contributed by atoms with Crippen molar-refractivity contribution in [1.82, 2.24) is 4.90 Å². The van der Waals surface area contributed by atoms with Crippen LogP contribution in [0.1, 0.15) is 12.5 Å². The van der Waals surface area contributed by atoms with Gasteiger partial charge < -0.3 is 14.9 Å². The highest BCUT2D eigenvalue weighted by molar-refractivity contribution is 5.71. The summed E-state index contributed by atoms with van der Waals surface area (Å²) in [7, 11) is 1.57. The summed E-state index contributed by atoms with van der Waals surface area (Å²) in [6.07, 6.45) is 0. The summed E-state index contributed by atoms with van der Waals surface area (Å²) in [5.74, 6) is -1.81. The molecule has 6 heteroatoms. The number of nitrogens with zero attached hydrogens (tertiary/aromatic N) is 1. The Labute approximate surface area is 117 Å². The van der Waals surface area contributed by atoms with Gasteiger partial charge in [0.25, 0.3) is 0 Å². The Morgan fingerprint density at radius 1 is 1.25 bits per heavy atom. The van der Waals surface area contributed by atoms with Crippen LogP contribution in [0.5, 0.6) is 5.75 Å². The lowest BCUT2D eigenvalue weighted by Gasteiger charge is -2.22. The number of carboxylic acid groups (broad SMARTS) is 2. The van der Waals surface area contributed by atoms with E-state index in [1.54, 1.807) is 31.1 Å². The number of rotatable bonds is 8. The fraction of sp³-hybridized carbons (Fsp3) is 0.429. The van der Waals surface area contributed by atoms with Gasteiger partial charge in [-0.05, 0) is 17.7 Å². The van der Waals surface area contributed by atoms with E-state index in [1.807, 2.05) is 12.1 Å². The number of ether oxygens (including phenoxy) is 1. The van der Waals surface area contributed by atoms with Crippen LogP contribution in [0.15, 0.2) is 24.3 Å². The molecule has 2 N–H and O–H groups in total. The number of carboxylic acids is 2. The lowest BCUT2D eigenvalue weighted by atomic mass is 10.1. The molecule has 1 aromatic rings. The van der Waals surface area contributed by atoms with Gasteiger partial charge >= 0.3 is 11.9 Å². The van der Waals surface area contributed by atoms with Gasteiger partial charge in [-0.1, -0.05) is 19.1 Å². The van der Waals surface area contributed by atoms with Gasteiger partial charge in [-0.2, -0.15) is 0 Å². The smallest absolute Gasteiger partial charge is 0.317 e. The third-order valence-corrected chi connectivity index (χ3v) is 2.88. The highest BCUT2D eigenvalue weighted by Gasteiger charge is 2.18.